The molecule has 28 heavy (non-hydrogen) atoms. The van der Waals surface area contributed by atoms with Crippen molar-refractivity contribution < 1.29 is 8.42 Å². The molecule has 0 spiro atoms. The normalized spacial score (nSPS) is 21.0. The fourth-order valence-corrected chi connectivity index (χ4v) is 6.13. The molecule has 6 nitrogen and oxygen atoms in total. The van der Waals surface area contributed by atoms with Crippen LogP contribution in [0.25, 0.3) is 11.3 Å². The third-order valence-corrected chi connectivity index (χ3v) is 7.58. The van der Waals surface area contributed by atoms with Gasteiger partial charge in [0.05, 0.1) is 29.7 Å². The molecule has 1 N–H and O–H groups in total. The number of hydrogen-bond donors (Lipinski definition) is 1. The average Bonchev–Trinajstić information content (AvgIpc) is 3.28. The first-order valence-corrected chi connectivity index (χ1v) is 12.2. The lowest BCUT2D eigenvalue weighted by Crippen LogP contribution is -2.32. The number of benzene rings is 1. The molecule has 7 heteroatoms. The lowest BCUT2D eigenvalue weighted by atomic mass is 9.98. The molecule has 2 aliphatic heterocycles. The summed E-state index contributed by atoms with van der Waals surface area (Å²) in [6.07, 6.45) is 8.03. The summed E-state index contributed by atoms with van der Waals surface area (Å²) in [4.78, 5) is 6.86. The fraction of sp³-hybridized carbons (Fsp3) is 0.571. The molecule has 152 valence electrons. The number of nitrogens with zero attached hydrogens (tertiary/aromatic N) is 3. The quantitative estimate of drug-likeness (QED) is 0.771. The van der Waals surface area contributed by atoms with Gasteiger partial charge in [-0.1, -0.05) is 13.0 Å². The van der Waals surface area contributed by atoms with Crippen molar-refractivity contribution >= 4 is 15.5 Å². The van der Waals surface area contributed by atoms with Crippen molar-refractivity contribution in [3.05, 3.63) is 36.3 Å². The van der Waals surface area contributed by atoms with Crippen molar-refractivity contribution in [3.8, 4) is 11.3 Å². The Morgan fingerprint density at radius 2 is 2.18 bits per heavy atom. The van der Waals surface area contributed by atoms with Gasteiger partial charge in [-0.05, 0) is 43.4 Å². The molecule has 0 radical (unpaired) electrons. The van der Waals surface area contributed by atoms with E-state index in [0.717, 1.165) is 44.7 Å². The van der Waals surface area contributed by atoms with Gasteiger partial charge in [0.15, 0.2) is 9.84 Å². The molecule has 0 aliphatic carbocycles. The molecule has 4 rings (SSSR count). The molecule has 1 saturated heterocycles. The van der Waals surface area contributed by atoms with E-state index in [4.69, 9.17) is 0 Å². The molecule has 1 atom stereocenters. The van der Waals surface area contributed by atoms with Gasteiger partial charge in [0.2, 0.25) is 0 Å². The molecule has 2 aliphatic rings. The van der Waals surface area contributed by atoms with E-state index in [9.17, 15) is 8.42 Å². The zero-order valence-corrected chi connectivity index (χ0v) is 17.4. The van der Waals surface area contributed by atoms with Gasteiger partial charge < -0.3 is 14.8 Å². The summed E-state index contributed by atoms with van der Waals surface area (Å²) in [5, 5.41) is 3.39. The highest BCUT2D eigenvalue weighted by Gasteiger charge is 2.27. The average molecular weight is 403 g/mol. The predicted octanol–water partition coefficient (Wildman–Crippen LogP) is 2.49. The van der Waals surface area contributed by atoms with E-state index in [0.29, 0.717) is 5.75 Å². The molecule has 0 saturated carbocycles. The SMILES string of the molecule is CCCN1CCCc2cc(-c3cncn3CCN[C@H]3CCS(=O)(=O)C3)ccc21. The number of anilines is 1. The molecule has 1 fully saturated rings. The van der Waals surface area contributed by atoms with Crippen LogP contribution in [0.15, 0.2) is 30.7 Å². The number of nitrogens with one attached hydrogen (secondary N) is 1. The van der Waals surface area contributed by atoms with E-state index in [1.54, 1.807) is 0 Å². The Labute approximate surface area is 167 Å². The summed E-state index contributed by atoms with van der Waals surface area (Å²) in [7, 11) is -2.83. The van der Waals surface area contributed by atoms with E-state index >= 15 is 0 Å². The summed E-state index contributed by atoms with van der Waals surface area (Å²) in [5.74, 6) is 0.577. The number of aromatic nitrogens is 2. The third kappa shape index (κ3) is 4.25. The van der Waals surface area contributed by atoms with E-state index in [-0.39, 0.29) is 11.8 Å². The second-order valence-electron chi connectivity index (χ2n) is 7.96. The van der Waals surface area contributed by atoms with Crippen molar-refractivity contribution in [1.82, 2.24) is 14.9 Å². The monoisotopic (exact) mass is 402 g/mol. The van der Waals surface area contributed by atoms with Gasteiger partial charge in [0.1, 0.15) is 0 Å². The van der Waals surface area contributed by atoms with Crippen LogP contribution in [0.4, 0.5) is 5.69 Å². The molecule has 1 aromatic carbocycles. The van der Waals surface area contributed by atoms with Gasteiger partial charge >= 0.3 is 0 Å². The van der Waals surface area contributed by atoms with Crippen LogP contribution in [0.2, 0.25) is 0 Å². The standard InChI is InChI=1S/C21H30N4O2S/c1-2-9-24-10-3-4-17-13-18(5-6-20(17)24)21-14-22-16-25(21)11-8-23-19-7-12-28(26,27)15-19/h5-6,13-14,16,19,23H,2-4,7-12,15H2,1H3/t19-/m0/s1. The first kappa shape index (κ1) is 19.5. The summed E-state index contributed by atoms with van der Waals surface area (Å²) >= 11 is 0. The van der Waals surface area contributed by atoms with Gasteiger partial charge in [0, 0.05) is 43.5 Å². The van der Waals surface area contributed by atoms with E-state index in [1.807, 2.05) is 12.5 Å². The van der Waals surface area contributed by atoms with Crippen molar-refractivity contribution in [2.24, 2.45) is 0 Å². The van der Waals surface area contributed by atoms with E-state index < -0.39 is 9.84 Å². The number of rotatable bonds is 7. The zero-order chi connectivity index (χ0) is 19.6. The predicted molar refractivity (Wildman–Crippen MR) is 114 cm³/mol. The second-order valence-corrected chi connectivity index (χ2v) is 10.2. The maximum absolute atomic E-state index is 11.6. The number of imidazole rings is 1. The number of aryl methyl sites for hydroxylation is 1. The summed E-state index contributed by atoms with van der Waals surface area (Å²) in [5.41, 5.74) is 5.14. The zero-order valence-electron chi connectivity index (χ0n) is 16.6. The summed E-state index contributed by atoms with van der Waals surface area (Å²) in [6, 6.07) is 6.88. The van der Waals surface area contributed by atoms with Gasteiger partial charge in [-0.3, -0.25) is 0 Å². The van der Waals surface area contributed by atoms with E-state index in [2.05, 4.69) is 44.9 Å². The fourth-order valence-electron chi connectivity index (χ4n) is 4.42. The summed E-state index contributed by atoms with van der Waals surface area (Å²) in [6.45, 7) is 6.04. The molecule has 0 amide bonds. The van der Waals surface area contributed by atoms with Crippen LogP contribution in [-0.2, 0) is 22.8 Å². The van der Waals surface area contributed by atoms with Crippen LogP contribution in [0, 0.1) is 0 Å². The molecule has 0 bridgehead atoms. The largest absolute Gasteiger partial charge is 0.371 e. The molecule has 1 aromatic heterocycles. The lowest BCUT2D eigenvalue weighted by molar-refractivity contribution is 0.521. The first-order chi connectivity index (χ1) is 13.6. The Balaban J connectivity index is 1.44. The van der Waals surface area contributed by atoms with Crippen LogP contribution < -0.4 is 10.2 Å². The smallest absolute Gasteiger partial charge is 0.151 e. The van der Waals surface area contributed by atoms with Crippen LogP contribution in [0.1, 0.15) is 31.7 Å². The van der Waals surface area contributed by atoms with Crippen molar-refractivity contribution in [2.45, 2.75) is 45.2 Å². The van der Waals surface area contributed by atoms with Gasteiger partial charge in [0.25, 0.3) is 0 Å². The van der Waals surface area contributed by atoms with Gasteiger partial charge in [-0.15, -0.1) is 0 Å². The Kier molecular flexibility index (Phi) is 5.73. The highest BCUT2D eigenvalue weighted by Crippen LogP contribution is 2.31. The van der Waals surface area contributed by atoms with Gasteiger partial charge in [-0.25, -0.2) is 13.4 Å². The highest BCUT2D eigenvalue weighted by atomic mass is 32.2. The minimum absolute atomic E-state index is 0.0882. The third-order valence-electron chi connectivity index (χ3n) is 5.81. The van der Waals surface area contributed by atoms with Crippen molar-refractivity contribution in [2.75, 3.05) is 36.0 Å². The van der Waals surface area contributed by atoms with Crippen molar-refractivity contribution in [3.63, 3.8) is 0 Å². The van der Waals surface area contributed by atoms with Crippen LogP contribution in [-0.4, -0.2) is 55.2 Å². The minimum Gasteiger partial charge on any atom is -0.371 e. The number of sulfone groups is 1. The Bertz CT molecular complexity index is 922. The number of fused-ring (bicyclic) bond motifs is 1. The maximum Gasteiger partial charge on any atom is 0.151 e. The highest BCUT2D eigenvalue weighted by molar-refractivity contribution is 7.91. The Morgan fingerprint density at radius 3 is 2.96 bits per heavy atom. The topological polar surface area (TPSA) is 67.2 Å². The number of hydrogen-bond acceptors (Lipinski definition) is 5. The Morgan fingerprint density at radius 1 is 1.29 bits per heavy atom. The summed E-state index contributed by atoms with van der Waals surface area (Å²) < 4.78 is 25.3. The van der Waals surface area contributed by atoms with Crippen LogP contribution >= 0.6 is 0 Å². The molecule has 3 heterocycles. The second kappa shape index (κ2) is 8.25. The van der Waals surface area contributed by atoms with Crippen LogP contribution in [0.3, 0.4) is 0 Å². The molecule has 2 aromatic rings. The molecule has 0 unspecified atom stereocenters. The first-order valence-electron chi connectivity index (χ1n) is 10.4. The van der Waals surface area contributed by atoms with E-state index in [1.165, 1.54) is 29.7 Å². The van der Waals surface area contributed by atoms with Gasteiger partial charge in [-0.2, -0.15) is 0 Å². The minimum atomic E-state index is -2.83. The van der Waals surface area contributed by atoms with Crippen molar-refractivity contribution in [1.29, 1.82) is 0 Å². The Hall–Kier alpha value is -1.86. The molecular weight excluding hydrogens is 372 g/mol. The maximum atomic E-state index is 11.6. The van der Waals surface area contributed by atoms with Crippen LogP contribution in [0.5, 0.6) is 0 Å². The molecular formula is C21H30N4O2S. The lowest BCUT2D eigenvalue weighted by Gasteiger charge is -2.31.